The van der Waals surface area contributed by atoms with Crippen LogP contribution in [0, 0.1) is 0 Å². The molecule has 0 radical (unpaired) electrons. The monoisotopic (exact) mass is 318 g/mol. The lowest BCUT2D eigenvalue weighted by Crippen LogP contribution is -2.57. The summed E-state index contributed by atoms with van der Waals surface area (Å²) < 4.78 is 20.5. The Hall–Kier alpha value is -1.67. The van der Waals surface area contributed by atoms with Crippen LogP contribution in [-0.4, -0.2) is 54.2 Å². The van der Waals surface area contributed by atoms with E-state index in [-0.39, 0.29) is 25.9 Å². The smallest absolute Gasteiger partial charge is 0.306 e. The van der Waals surface area contributed by atoms with Crippen molar-refractivity contribution in [1.82, 2.24) is 0 Å². The van der Waals surface area contributed by atoms with Crippen LogP contribution in [-0.2, 0) is 33.3 Å². The van der Waals surface area contributed by atoms with E-state index in [0.717, 1.165) is 0 Å². The molecule has 1 aliphatic rings. The summed E-state index contributed by atoms with van der Waals surface area (Å²) in [5, 5.41) is 9.85. The van der Waals surface area contributed by atoms with Crippen LogP contribution in [0.5, 0.6) is 0 Å². The number of carbonyl (C=O) groups excluding carboxylic acids is 3. The van der Waals surface area contributed by atoms with Gasteiger partial charge in [0.05, 0.1) is 6.61 Å². The third-order valence-electron chi connectivity index (χ3n) is 3.09. The molecule has 126 valence electrons. The molecule has 0 aromatic heterocycles. The standard InChI is InChI=1S/C14H22O8/c1-4-9(15)20-8-7-19-14(18)13(22-11(17)6-3)12(8)21-10(16)5-2/h8,12-14,18H,4-7H2,1-3H3/t8-,12+,13-,14-/m1/s1. The van der Waals surface area contributed by atoms with Crippen LogP contribution in [0.2, 0.25) is 0 Å². The van der Waals surface area contributed by atoms with E-state index in [0.29, 0.717) is 0 Å². The number of carbonyl (C=O) groups is 3. The van der Waals surface area contributed by atoms with Crippen LogP contribution >= 0.6 is 0 Å². The van der Waals surface area contributed by atoms with Gasteiger partial charge in [0.15, 0.2) is 24.6 Å². The van der Waals surface area contributed by atoms with Gasteiger partial charge >= 0.3 is 17.9 Å². The molecule has 1 fully saturated rings. The normalized spacial score (nSPS) is 27.8. The van der Waals surface area contributed by atoms with Crippen molar-refractivity contribution in [3.63, 3.8) is 0 Å². The van der Waals surface area contributed by atoms with Crippen molar-refractivity contribution < 1.29 is 38.4 Å². The predicted molar refractivity (Wildman–Crippen MR) is 72.5 cm³/mol. The van der Waals surface area contributed by atoms with E-state index in [4.69, 9.17) is 18.9 Å². The van der Waals surface area contributed by atoms with Gasteiger partial charge in [0, 0.05) is 19.3 Å². The number of ether oxygens (including phenoxy) is 4. The van der Waals surface area contributed by atoms with Crippen LogP contribution in [0.25, 0.3) is 0 Å². The summed E-state index contributed by atoms with van der Waals surface area (Å²) in [7, 11) is 0. The van der Waals surface area contributed by atoms with E-state index in [9.17, 15) is 19.5 Å². The molecule has 8 nitrogen and oxygen atoms in total. The fourth-order valence-corrected chi connectivity index (χ4v) is 1.85. The second kappa shape index (κ2) is 8.70. The van der Waals surface area contributed by atoms with Crippen molar-refractivity contribution in [1.29, 1.82) is 0 Å². The summed E-state index contributed by atoms with van der Waals surface area (Å²) >= 11 is 0. The van der Waals surface area contributed by atoms with Gasteiger partial charge in [0.2, 0.25) is 0 Å². The van der Waals surface area contributed by atoms with E-state index >= 15 is 0 Å². The largest absolute Gasteiger partial charge is 0.456 e. The Morgan fingerprint density at radius 3 is 1.86 bits per heavy atom. The Morgan fingerprint density at radius 2 is 1.36 bits per heavy atom. The molecule has 8 heteroatoms. The molecule has 0 amide bonds. The molecule has 1 saturated heterocycles. The van der Waals surface area contributed by atoms with Crippen LogP contribution in [0.4, 0.5) is 0 Å². The molecule has 22 heavy (non-hydrogen) atoms. The highest BCUT2D eigenvalue weighted by Crippen LogP contribution is 2.24. The van der Waals surface area contributed by atoms with Gasteiger partial charge in [-0.25, -0.2) is 0 Å². The SMILES string of the molecule is CCC(=O)O[C@@H]1[C@@H](OC(=O)CC)[C@H](OC(=O)CC)CO[C@H]1O. The maximum absolute atomic E-state index is 11.6. The molecule has 0 unspecified atom stereocenters. The van der Waals surface area contributed by atoms with E-state index in [1.807, 2.05) is 0 Å². The third-order valence-corrected chi connectivity index (χ3v) is 3.09. The predicted octanol–water partition coefficient (Wildman–Crippen LogP) is 0.300. The Kier molecular flexibility index (Phi) is 7.26. The minimum atomic E-state index is -1.46. The van der Waals surface area contributed by atoms with E-state index < -0.39 is 42.5 Å². The minimum absolute atomic E-state index is 0.0804. The lowest BCUT2D eigenvalue weighted by Gasteiger charge is -2.38. The number of hydrogen-bond acceptors (Lipinski definition) is 8. The highest BCUT2D eigenvalue weighted by atomic mass is 16.7. The van der Waals surface area contributed by atoms with Gasteiger partial charge in [0.25, 0.3) is 0 Å². The van der Waals surface area contributed by atoms with Gasteiger partial charge in [-0.3, -0.25) is 14.4 Å². The summed E-state index contributed by atoms with van der Waals surface area (Å²) in [4.78, 5) is 34.5. The Labute approximate surface area is 128 Å². The summed E-state index contributed by atoms with van der Waals surface area (Å²) in [6.07, 6.45) is -4.45. The van der Waals surface area contributed by atoms with E-state index in [2.05, 4.69) is 0 Å². The van der Waals surface area contributed by atoms with Crippen LogP contribution < -0.4 is 0 Å². The maximum Gasteiger partial charge on any atom is 0.306 e. The molecule has 0 saturated carbocycles. The lowest BCUT2D eigenvalue weighted by molar-refractivity contribution is -0.268. The summed E-state index contributed by atoms with van der Waals surface area (Å²) in [5.41, 5.74) is 0. The lowest BCUT2D eigenvalue weighted by atomic mass is 10.0. The summed E-state index contributed by atoms with van der Waals surface area (Å²) in [6.45, 7) is 4.63. The van der Waals surface area contributed by atoms with E-state index in [1.165, 1.54) is 0 Å². The van der Waals surface area contributed by atoms with Gasteiger partial charge in [-0.1, -0.05) is 20.8 Å². The molecule has 1 heterocycles. The molecule has 1 aliphatic heterocycles. The number of hydrogen-bond donors (Lipinski definition) is 1. The zero-order valence-electron chi connectivity index (χ0n) is 12.9. The first-order chi connectivity index (χ1) is 10.4. The molecule has 0 aliphatic carbocycles. The molecule has 4 atom stereocenters. The fraction of sp³-hybridized carbons (Fsp3) is 0.786. The van der Waals surface area contributed by atoms with Gasteiger partial charge in [-0.15, -0.1) is 0 Å². The molecular weight excluding hydrogens is 296 g/mol. The number of aliphatic hydroxyl groups excluding tert-OH is 1. The second-order valence-electron chi connectivity index (χ2n) is 4.72. The quantitative estimate of drug-likeness (QED) is 0.550. The summed E-state index contributed by atoms with van der Waals surface area (Å²) in [6, 6.07) is 0. The van der Waals surface area contributed by atoms with Gasteiger partial charge in [0.1, 0.15) is 0 Å². The average molecular weight is 318 g/mol. The first-order valence-electron chi connectivity index (χ1n) is 7.30. The number of esters is 3. The van der Waals surface area contributed by atoms with Gasteiger partial charge in [-0.05, 0) is 0 Å². The number of rotatable bonds is 6. The van der Waals surface area contributed by atoms with Crippen LogP contribution in [0.15, 0.2) is 0 Å². The van der Waals surface area contributed by atoms with Crippen molar-refractivity contribution in [2.24, 2.45) is 0 Å². The average Bonchev–Trinajstić information content (AvgIpc) is 2.52. The van der Waals surface area contributed by atoms with Crippen LogP contribution in [0.1, 0.15) is 40.0 Å². The van der Waals surface area contributed by atoms with Crippen molar-refractivity contribution >= 4 is 17.9 Å². The number of aliphatic hydroxyl groups is 1. The molecule has 0 bridgehead atoms. The first kappa shape index (κ1) is 18.4. The maximum atomic E-state index is 11.6. The fourth-order valence-electron chi connectivity index (χ4n) is 1.85. The van der Waals surface area contributed by atoms with Crippen molar-refractivity contribution in [2.45, 2.75) is 64.6 Å². The Morgan fingerprint density at radius 1 is 0.909 bits per heavy atom. The van der Waals surface area contributed by atoms with Gasteiger partial charge < -0.3 is 24.1 Å². The summed E-state index contributed by atoms with van der Waals surface area (Å²) in [5.74, 6) is -1.66. The third kappa shape index (κ3) is 4.96. The zero-order valence-corrected chi connectivity index (χ0v) is 12.9. The van der Waals surface area contributed by atoms with E-state index in [1.54, 1.807) is 20.8 Å². The zero-order chi connectivity index (χ0) is 16.7. The Balaban J connectivity index is 2.92. The van der Waals surface area contributed by atoms with Crippen molar-refractivity contribution in [3.8, 4) is 0 Å². The van der Waals surface area contributed by atoms with Gasteiger partial charge in [-0.2, -0.15) is 0 Å². The highest BCUT2D eigenvalue weighted by molar-refractivity contribution is 5.71. The second-order valence-corrected chi connectivity index (χ2v) is 4.72. The first-order valence-corrected chi connectivity index (χ1v) is 7.30. The van der Waals surface area contributed by atoms with Crippen molar-refractivity contribution in [3.05, 3.63) is 0 Å². The molecule has 1 rings (SSSR count). The molecule has 0 aromatic rings. The molecule has 0 spiro atoms. The molecule has 0 aromatic carbocycles. The van der Waals surface area contributed by atoms with Crippen molar-refractivity contribution in [2.75, 3.05) is 6.61 Å². The topological polar surface area (TPSA) is 108 Å². The highest BCUT2D eigenvalue weighted by Gasteiger charge is 2.46. The Bertz CT molecular complexity index is 408. The van der Waals surface area contributed by atoms with Crippen LogP contribution in [0.3, 0.4) is 0 Å². The molecular formula is C14H22O8. The molecule has 1 N–H and O–H groups in total. The minimum Gasteiger partial charge on any atom is -0.456 e.